The van der Waals surface area contributed by atoms with E-state index in [0.29, 0.717) is 38.5 Å². The van der Waals surface area contributed by atoms with Crippen LogP contribution in [0.15, 0.2) is 93.9 Å². The van der Waals surface area contributed by atoms with E-state index in [0.717, 1.165) is 29.7 Å². The van der Waals surface area contributed by atoms with Crippen molar-refractivity contribution in [2.45, 2.75) is 39.3 Å². The molecule has 0 radical (unpaired) electrons. The number of carbonyl (C=O) groups is 1. The molecular formula is C33H32N2O6S. The van der Waals surface area contributed by atoms with E-state index in [1.807, 2.05) is 54.6 Å². The van der Waals surface area contributed by atoms with Crippen molar-refractivity contribution in [1.29, 1.82) is 0 Å². The summed E-state index contributed by atoms with van der Waals surface area (Å²) in [6.45, 7) is 4.58. The summed E-state index contributed by atoms with van der Waals surface area (Å²) in [6.07, 6.45) is 3.70. The van der Waals surface area contributed by atoms with Crippen LogP contribution in [0, 0.1) is 0 Å². The topological polar surface area (TPSA) is 99.4 Å². The highest BCUT2D eigenvalue weighted by molar-refractivity contribution is 7.07. The molecule has 42 heavy (non-hydrogen) atoms. The Bertz CT molecular complexity index is 1790. The first-order valence-corrected chi connectivity index (χ1v) is 14.5. The number of aromatic nitrogens is 1. The van der Waals surface area contributed by atoms with Gasteiger partial charge in [-0.1, -0.05) is 73.2 Å². The largest absolute Gasteiger partial charge is 0.504 e. The van der Waals surface area contributed by atoms with Crippen LogP contribution in [0.25, 0.3) is 6.08 Å². The Balaban J connectivity index is 1.57. The van der Waals surface area contributed by atoms with E-state index < -0.39 is 12.0 Å². The lowest BCUT2D eigenvalue weighted by atomic mass is 9.96. The maximum atomic E-state index is 13.9. The van der Waals surface area contributed by atoms with E-state index in [1.165, 1.54) is 24.5 Å². The highest BCUT2D eigenvalue weighted by atomic mass is 32.1. The fourth-order valence-corrected chi connectivity index (χ4v) is 5.76. The highest BCUT2D eigenvalue weighted by Crippen LogP contribution is 2.32. The lowest BCUT2D eigenvalue weighted by Gasteiger charge is -2.25. The minimum Gasteiger partial charge on any atom is -0.504 e. The highest BCUT2D eigenvalue weighted by Gasteiger charge is 2.33. The molecule has 4 aromatic rings. The third-order valence-electron chi connectivity index (χ3n) is 6.92. The van der Waals surface area contributed by atoms with Crippen LogP contribution in [-0.2, 0) is 16.1 Å². The maximum absolute atomic E-state index is 13.9. The van der Waals surface area contributed by atoms with Gasteiger partial charge in [0.15, 0.2) is 16.3 Å². The van der Waals surface area contributed by atoms with Crippen LogP contribution in [0.4, 0.5) is 0 Å². The number of rotatable bonds is 10. The fourth-order valence-electron chi connectivity index (χ4n) is 4.72. The first-order valence-electron chi connectivity index (χ1n) is 13.7. The number of benzene rings is 3. The molecule has 0 bridgehead atoms. The molecular weight excluding hydrogens is 552 g/mol. The van der Waals surface area contributed by atoms with Crippen LogP contribution in [0.2, 0.25) is 0 Å². The Hall–Kier alpha value is -4.63. The minimum atomic E-state index is -0.745. The van der Waals surface area contributed by atoms with Crippen molar-refractivity contribution in [3.8, 4) is 17.2 Å². The molecule has 0 saturated heterocycles. The number of unbranched alkanes of at least 4 members (excludes halogenated alkanes) is 1. The van der Waals surface area contributed by atoms with Crippen LogP contribution < -0.4 is 24.4 Å². The number of hydrogen-bond acceptors (Lipinski definition) is 8. The third kappa shape index (κ3) is 6.16. The third-order valence-corrected chi connectivity index (χ3v) is 7.90. The Morgan fingerprint density at radius 1 is 1.10 bits per heavy atom. The molecule has 216 valence electrons. The number of nitrogens with zero attached hydrogens (tertiary/aromatic N) is 2. The van der Waals surface area contributed by atoms with E-state index in [-0.39, 0.29) is 17.9 Å². The Morgan fingerprint density at radius 3 is 2.57 bits per heavy atom. The van der Waals surface area contributed by atoms with Gasteiger partial charge in [0.1, 0.15) is 12.4 Å². The van der Waals surface area contributed by atoms with Crippen molar-refractivity contribution in [3.05, 3.63) is 120 Å². The second kappa shape index (κ2) is 12.9. The molecule has 1 unspecified atom stereocenters. The zero-order valence-electron chi connectivity index (χ0n) is 23.7. The maximum Gasteiger partial charge on any atom is 0.338 e. The standard InChI is InChI=1S/C33H32N2O6S/c1-4-5-17-40-25-14-12-24(13-15-25)30-29(32(38)41-20-22-9-7-6-8-10-22)21(2)34-33-35(30)31(37)28(42-33)19-23-11-16-26(36)27(18-23)39-3/h6-16,18-19,30,36H,4-5,17,20H2,1-3H3. The normalized spacial score (nSPS) is 14.7. The van der Waals surface area contributed by atoms with E-state index >= 15 is 0 Å². The van der Waals surface area contributed by atoms with Gasteiger partial charge in [0, 0.05) is 0 Å². The molecule has 0 amide bonds. The molecule has 3 aromatic carbocycles. The summed E-state index contributed by atoms with van der Waals surface area (Å²) >= 11 is 1.23. The predicted molar refractivity (Wildman–Crippen MR) is 162 cm³/mol. The number of phenols is 1. The molecule has 1 aliphatic heterocycles. The quantitative estimate of drug-likeness (QED) is 0.211. The number of thiazole rings is 1. The molecule has 9 heteroatoms. The van der Waals surface area contributed by atoms with Crippen molar-refractivity contribution >= 4 is 23.4 Å². The van der Waals surface area contributed by atoms with Gasteiger partial charge in [0.2, 0.25) is 0 Å². The monoisotopic (exact) mass is 584 g/mol. The van der Waals surface area contributed by atoms with Gasteiger partial charge in [-0.15, -0.1) is 0 Å². The molecule has 5 rings (SSSR count). The van der Waals surface area contributed by atoms with Gasteiger partial charge in [0.25, 0.3) is 5.56 Å². The zero-order chi connectivity index (χ0) is 29.6. The summed E-state index contributed by atoms with van der Waals surface area (Å²) in [5.41, 5.74) is 2.77. The molecule has 8 nitrogen and oxygen atoms in total. The second-order valence-corrected chi connectivity index (χ2v) is 10.9. The number of aromatic hydroxyl groups is 1. The number of carbonyl (C=O) groups excluding carboxylic acids is 1. The fraction of sp³-hybridized carbons (Fsp3) is 0.242. The smallest absolute Gasteiger partial charge is 0.338 e. The summed E-state index contributed by atoms with van der Waals surface area (Å²) in [5, 5.41) is 9.98. The lowest BCUT2D eigenvalue weighted by Crippen LogP contribution is -2.39. The summed E-state index contributed by atoms with van der Waals surface area (Å²) in [4.78, 5) is 32.7. The molecule has 2 heterocycles. The van der Waals surface area contributed by atoms with Crippen LogP contribution in [0.1, 0.15) is 49.4 Å². The number of allylic oxidation sites excluding steroid dienone is 1. The van der Waals surface area contributed by atoms with Gasteiger partial charge in [-0.25, -0.2) is 9.79 Å². The molecule has 1 aliphatic rings. The zero-order valence-corrected chi connectivity index (χ0v) is 24.5. The van der Waals surface area contributed by atoms with Gasteiger partial charge >= 0.3 is 5.97 Å². The van der Waals surface area contributed by atoms with E-state index in [9.17, 15) is 14.7 Å². The minimum absolute atomic E-state index is 0.00696. The average Bonchev–Trinajstić information content (AvgIpc) is 3.31. The Labute approximate surface area is 247 Å². The second-order valence-electron chi connectivity index (χ2n) is 9.85. The molecule has 0 saturated carbocycles. The van der Waals surface area contributed by atoms with Gasteiger partial charge in [-0.3, -0.25) is 9.36 Å². The summed E-state index contributed by atoms with van der Waals surface area (Å²) in [6, 6.07) is 21.0. The van der Waals surface area contributed by atoms with Crippen molar-refractivity contribution in [1.82, 2.24) is 4.57 Å². The Kier molecular flexibility index (Phi) is 8.88. The van der Waals surface area contributed by atoms with Crippen molar-refractivity contribution in [2.75, 3.05) is 13.7 Å². The van der Waals surface area contributed by atoms with Gasteiger partial charge < -0.3 is 19.3 Å². The number of methoxy groups -OCH3 is 1. The van der Waals surface area contributed by atoms with Crippen molar-refractivity contribution < 1.29 is 24.1 Å². The van der Waals surface area contributed by atoms with Crippen LogP contribution >= 0.6 is 11.3 Å². The van der Waals surface area contributed by atoms with Gasteiger partial charge in [-0.05, 0) is 60.4 Å². The number of phenolic OH excluding ortho intramolecular Hbond substituents is 1. The molecule has 1 N–H and O–H groups in total. The summed E-state index contributed by atoms with van der Waals surface area (Å²) < 4.78 is 18.8. The van der Waals surface area contributed by atoms with Gasteiger partial charge in [0.05, 0.1) is 35.6 Å². The van der Waals surface area contributed by atoms with Crippen LogP contribution in [-0.4, -0.2) is 29.4 Å². The Morgan fingerprint density at radius 2 is 1.86 bits per heavy atom. The molecule has 0 spiro atoms. The molecule has 0 aliphatic carbocycles. The SMILES string of the molecule is CCCCOc1ccc(C2C(C(=O)OCc3ccccc3)=C(C)N=c3sc(=Cc4ccc(O)c(OC)c4)c(=O)n32)cc1. The van der Waals surface area contributed by atoms with E-state index in [1.54, 1.807) is 29.7 Å². The molecule has 1 aromatic heterocycles. The van der Waals surface area contributed by atoms with Crippen LogP contribution in [0.3, 0.4) is 0 Å². The first-order chi connectivity index (χ1) is 20.4. The van der Waals surface area contributed by atoms with Crippen LogP contribution in [0.5, 0.6) is 17.2 Å². The van der Waals surface area contributed by atoms with Gasteiger partial charge in [-0.2, -0.15) is 0 Å². The number of esters is 1. The summed E-state index contributed by atoms with van der Waals surface area (Å²) in [5.74, 6) is 0.489. The number of hydrogen-bond donors (Lipinski definition) is 1. The van der Waals surface area contributed by atoms with E-state index in [4.69, 9.17) is 14.2 Å². The molecule has 1 atom stereocenters. The predicted octanol–water partition coefficient (Wildman–Crippen LogP) is 4.87. The van der Waals surface area contributed by atoms with E-state index in [2.05, 4.69) is 11.9 Å². The first kappa shape index (κ1) is 28.9. The van der Waals surface area contributed by atoms with Crippen molar-refractivity contribution in [3.63, 3.8) is 0 Å². The molecule has 0 fully saturated rings. The van der Waals surface area contributed by atoms with Crippen molar-refractivity contribution in [2.24, 2.45) is 4.99 Å². The lowest BCUT2D eigenvalue weighted by molar-refractivity contribution is -0.140. The summed E-state index contributed by atoms with van der Waals surface area (Å²) in [7, 11) is 1.47. The number of ether oxygens (including phenoxy) is 3. The number of fused-ring (bicyclic) bond motifs is 1. The average molecular weight is 585 g/mol.